The van der Waals surface area contributed by atoms with Crippen LogP contribution in [0.25, 0.3) is 0 Å². The van der Waals surface area contributed by atoms with Crippen molar-refractivity contribution in [3.8, 4) is 11.5 Å². The van der Waals surface area contributed by atoms with Gasteiger partial charge >= 0.3 is 0 Å². The molecular weight excluding hydrogens is 410 g/mol. The van der Waals surface area contributed by atoms with E-state index in [9.17, 15) is 9.90 Å². The molecule has 1 fully saturated rings. The Morgan fingerprint density at radius 2 is 2.12 bits per heavy atom. The summed E-state index contributed by atoms with van der Waals surface area (Å²) in [5, 5.41) is 19.5. The lowest BCUT2D eigenvalue weighted by molar-refractivity contribution is 0.0270. The first-order valence-electron chi connectivity index (χ1n) is 10.5. The standard InChI is InChI=1S/C24H27N3O5/c1-30-22-7-4-16(11-21(22)28)13-27-24(29)20-12-17(26-14-18-3-2-9-31-18)5-6-19(20)23-15-25-8-10-32-23/h2-7,9,11-12,23,25-26,28H,8,10,13-15H2,1H3,(H,27,29). The zero-order valence-corrected chi connectivity index (χ0v) is 17.9. The molecule has 0 aliphatic carbocycles. The lowest BCUT2D eigenvalue weighted by atomic mass is 9.99. The first-order valence-corrected chi connectivity index (χ1v) is 10.5. The van der Waals surface area contributed by atoms with Gasteiger partial charge in [0.2, 0.25) is 0 Å². The van der Waals surface area contributed by atoms with E-state index in [0.717, 1.165) is 29.1 Å². The molecule has 8 nitrogen and oxygen atoms in total. The molecule has 0 saturated carbocycles. The fraction of sp³-hybridized carbons (Fsp3) is 0.292. The molecule has 1 aliphatic rings. The lowest BCUT2D eigenvalue weighted by Gasteiger charge is -2.26. The summed E-state index contributed by atoms with van der Waals surface area (Å²) < 4.78 is 16.3. The number of benzene rings is 2. The van der Waals surface area contributed by atoms with Crippen molar-refractivity contribution in [2.24, 2.45) is 0 Å². The van der Waals surface area contributed by atoms with Gasteiger partial charge in [0.05, 0.1) is 32.6 Å². The molecule has 1 aromatic heterocycles. The minimum Gasteiger partial charge on any atom is -0.504 e. The van der Waals surface area contributed by atoms with Gasteiger partial charge in [-0.3, -0.25) is 4.79 Å². The summed E-state index contributed by atoms with van der Waals surface area (Å²) >= 11 is 0. The highest BCUT2D eigenvalue weighted by molar-refractivity contribution is 5.96. The van der Waals surface area contributed by atoms with Crippen molar-refractivity contribution < 1.29 is 23.8 Å². The lowest BCUT2D eigenvalue weighted by Crippen LogP contribution is -2.35. The topological polar surface area (TPSA) is 105 Å². The van der Waals surface area contributed by atoms with Crippen LogP contribution in [-0.4, -0.2) is 37.8 Å². The van der Waals surface area contributed by atoms with Gasteiger partial charge in [0.15, 0.2) is 11.5 Å². The fourth-order valence-corrected chi connectivity index (χ4v) is 3.63. The van der Waals surface area contributed by atoms with Gasteiger partial charge < -0.3 is 34.9 Å². The van der Waals surface area contributed by atoms with E-state index >= 15 is 0 Å². The molecule has 2 heterocycles. The summed E-state index contributed by atoms with van der Waals surface area (Å²) in [6.45, 7) is 2.81. The number of ether oxygens (including phenoxy) is 2. The van der Waals surface area contributed by atoms with Crippen molar-refractivity contribution in [2.45, 2.75) is 19.2 Å². The van der Waals surface area contributed by atoms with Gasteiger partial charge in [-0.25, -0.2) is 0 Å². The summed E-state index contributed by atoms with van der Waals surface area (Å²) in [6, 6.07) is 14.5. The van der Waals surface area contributed by atoms with Crippen LogP contribution in [0.15, 0.2) is 59.2 Å². The van der Waals surface area contributed by atoms with Crippen LogP contribution in [0.4, 0.5) is 5.69 Å². The van der Waals surface area contributed by atoms with Crippen molar-refractivity contribution in [3.63, 3.8) is 0 Å². The molecule has 0 bridgehead atoms. The van der Waals surface area contributed by atoms with Crippen LogP contribution in [0.1, 0.15) is 33.3 Å². The molecule has 3 aromatic rings. The SMILES string of the molecule is COc1ccc(CNC(=O)c2cc(NCc3ccco3)ccc2C2CNCCO2)cc1O. The van der Waals surface area contributed by atoms with E-state index < -0.39 is 0 Å². The molecule has 1 amide bonds. The van der Waals surface area contributed by atoms with E-state index in [0.29, 0.717) is 31.0 Å². The van der Waals surface area contributed by atoms with Gasteiger partial charge in [0.25, 0.3) is 5.91 Å². The normalized spacial score (nSPS) is 15.8. The average Bonchev–Trinajstić information content (AvgIpc) is 3.35. The zero-order chi connectivity index (χ0) is 22.3. The minimum absolute atomic E-state index is 0.0331. The summed E-state index contributed by atoms with van der Waals surface area (Å²) in [7, 11) is 1.49. The van der Waals surface area contributed by atoms with Crippen molar-refractivity contribution >= 4 is 11.6 Å². The van der Waals surface area contributed by atoms with E-state index in [2.05, 4.69) is 16.0 Å². The maximum atomic E-state index is 13.2. The number of amides is 1. The van der Waals surface area contributed by atoms with E-state index in [1.807, 2.05) is 30.3 Å². The Morgan fingerprint density at radius 1 is 1.22 bits per heavy atom. The van der Waals surface area contributed by atoms with Crippen LogP contribution in [0.5, 0.6) is 11.5 Å². The molecule has 1 saturated heterocycles. The number of methoxy groups -OCH3 is 1. The Bertz CT molecular complexity index is 1050. The molecule has 1 aliphatic heterocycles. The van der Waals surface area contributed by atoms with Crippen molar-refractivity contribution in [3.05, 3.63) is 77.2 Å². The van der Waals surface area contributed by atoms with Gasteiger partial charge in [-0.05, 0) is 47.5 Å². The molecule has 1 atom stereocenters. The number of hydrogen-bond acceptors (Lipinski definition) is 7. The van der Waals surface area contributed by atoms with Crippen LogP contribution < -0.4 is 20.7 Å². The van der Waals surface area contributed by atoms with Crippen molar-refractivity contribution in [1.82, 2.24) is 10.6 Å². The molecule has 4 N–H and O–H groups in total. The third-order valence-corrected chi connectivity index (χ3v) is 5.32. The Balaban J connectivity index is 1.51. The predicted octanol–water partition coefficient (Wildman–Crippen LogP) is 3.20. The number of rotatable bonds is 8. The Morgan fingerprint density at radius 3 is 2.84 bits per heavy atom. The number of phenolic OH excluding ortho intramolecular Hbond substituents is 1. The van der Waals surface area contributed by atoms with Crippen LogP contribution in [0.2, 0.25) is 0 Å². The van der Waals surface area contributed by atoms with Gasteiger partial charge in [0, 0.05) is 30.9 Å². The molecular formula is C24H27N3O5. The van der Waals surface area contributed by atoms with E-state index in [1.165, 1.54) is 7.11 Å². The maximum Gasteiger partial charge on any atom is 0.252 e. The molecule has 2 aromatic carbocycles. The Labute approximate surface area is 186 Å². The van der Waals surface area contributed by atoms with Crippen LogP contribution in [-0.2, 0) is 17.8 Å². The number of hydrogen-bond donors (Lipinski definition) is 4. The monoisotopic (exact) mass is 437 g/mol. The van der Waals surface area contributed by atoms with Gasteiger partial charge in [0.1, 0.15) is 5.76 Å². The summed E-state index contributed by atoms with van der Waals surface area (Å²) in [5.41, 5.74) is 2.94. The highest BCUT2D eigenvalue weighted by atomic mass is 16.5. The maximum absolute atomic E-state index is 13.2. The number of carbonyl (C=O) groups is 1. The van der Waals surface area contributed by atoms with Crippen LogP contribution >= 0.6 is 0 Å². The Kier molecular flexibility index (Phi) is 6.94. The van der Waals surface area contributed by atoms with E-state index in [4.69, 9.17) is 13.9 Å². The molecule has 0 spiro atoms. The molecule has 1 unspecified atom stereocenters. The molecule has 8 heteroatoms. The van der Waals surface area contributed by atoms with Crippen LogP contribution in [0.3, 0.4) is 0 Å². The average molecular weight is 437 g/mol. The van der Waals surface area contributed by atoms with Crippen molar-refractivity contribution in [1.29, 1.82) is 0 Å². The summed E-state index contributed by atoms with van der Waals surface area (Å²) in [6.07, 6.45) is 1.43. The smallest absolute Gasteiger partial charge is 0.252 e. The number of nitrogens with one attached hydrogen (secondary N) is 3. The quantitative estimate of drug-likeness (QED) is 0.429. The van der Waals surface area contributed by atoms with Crippen LogP contribution in [0, 0.1) is 0 Å². The highest BCUT2D eigenvalue weighted by Gasteiger charge is 2.22. The number of phenols is 1. The fourth-order valence-electron chi connectivity index (χ4n) is 3.63. The second-order valence-corrected chi connectivity index (χ2v) is 7.49. The van der Waals surface area contributed by atoms with Gasteiger partial charge in [-0.2, -0.15) is 0 Å². The minimum atomic E-state index is -0.217. The third-order valence-electron chi connectivity index (χ3n) is 5.32. The largest absolute Gasteiger partial charge is 0.504 e. The van der Waals surface area contributed by atoms with Crippen molar-refractivity contribution in [2.75, 3.05) is 32.1 Å². The molecule has 4 rings (SSSR count). The molecule has 32 heavy (non-hydrogen) atoms. The highest BCUT2D eigenvalue weighted by Crippen LogP contribution is 2.28. The summed E-state index contributed by atoms with van der Waals surface area (Å²) in [5.74, 6) is 1.01. The number of anilines is 1. The predicted molar refractivity (Wildman–Crippen MR) is 120 cm³/mol. The first-order chi connectivity index (χ1) is 15.6. The number of carbonyl (C=O) groups excluding carboxylic acids is 1. The third kappa shape index (κ3) is 5.22. The molecule has 0 radical (unpaired) electrons. The van der Waals surface area contributed by atoms with E-state index in [-0.39, 0.29) is 24.3 Å². The van der Waals surface area contributed by atoms with Gasteiger partial charge in [-0.1, -0.05) is 12.1 Å². The number of aromatic hydroxyl groups is 1. The second-order valence-electron chi connectivity index (χ2n) is 7.49. The number of morpholine rings is 1. The summed E-state index contributed by atoms with van der Waals surface area (Å²) in [4.78, 5) is 13.2. The Hall–Kier alpha value is -3.49. The zero-order valence-electron chi connectivity index (χ0n) is 17.9. The van der Waals surface area contributed by atoms with E-state index in [1.54, 1.807) is 24.5 Å². The second kappa shape index (κ2) is 10.2. The number of furan rings is 1. The van der Waals surface area contributed by atoms with Gasteiger partial charge in [-0.15, -0.1) is 0 Å². The first kappa shape index (κ1) is 21.7. The molecule has 168 valence electrons.